The van der Waals surface area contributed by atoms with Gasteiger partial charge in [0.1, 0.15) is 5.82 Å². The Morgan fingerprint density at radius 2 is 1.75 bits per heavy atom. The van der Waals surface area contributed by atoms with E-state index >= 15 is 0 Å². The second kappa shape index (κ2) is 7.37. The first kappa shape index (κ1) is 17.4. The van der Waals surface area contributed by atoms with Gasteiger partial charge in [-0.15, -0.1) is 0 Å². The van der Waals surface area contributed by atoms with E-state index in [9.17, 15) is 4.79 Å². The van der Waals surface area contributed by atoms with E-state index in [4.69, 9.17) is 4.98 Å². The molecule has 28 heavy (non-hydrogen) atoms. The van der Waals surface area contributed by atoms with Crippen molar-refractivity contribution in [3.8, 4) is 0 Å². The summed E-state index contributed by atoms with van der Waals surface area (Å²) in [5, 5.41) is 0. The number of rotatable bonds is 3. The van der Waals surface area contributed by atoms with E-state index in [2.05, 4.69) is 34.0 Å². The molecule has 6 nitrogen and oxygen atoms in total. The summed E-state index contributed by atoms with van der Waals surface area (Å²) in [5.41, 5.74) is 9.72. The molecule has 2 unspecified atom stereocenters. The highest BCUT2D eigenvalue weighted by atomic mass is 16.2. The number of carbonyl (C=O) groups excluding carboxylic acids is 1. The smallest absolute Gasteiger partial charge is 0.229 e. The standard InChI is InChI=1S/C22H25N5O/c28-22(17-14-23-26-20(17)15-6-2-1-3-7-15)27-12-10-16(11-13-27)21-24-18-8-4-5-9-19(18)25-21/h1-9,16-17,20,23,26H,10-14H2,(H,24,25). The second-order valence-electron chi connectivity index (χ2n) is 7.76. The molecule has 0 bridgehead atoms. The minimum atomic E-state index is -0.0647. The van der Waals surface area contributed by atoms with Crippen molar-refractivity contribution in [3.63, 3.8) is 0 Å². The number of amides is 1. The van der Waals surface area contributed by atoms with Gasteiger partial charge in [-0.2, -0.15) is 0 Å². The van der Waals surface area contributed by atoms with Crippen LogP contribution in [0.3, 0.4) is 0 Å². The van der Waals surface area contributed by atoms with Crippen LogP contribution in [0.25, 0.3) is 11.0 Å². The van der Waals surface area contributed by atoms with E-state index in [-0.39, 0.29) is 17.9 Å². The van der Waals surface area contributed by atoms with Crippen LogP contribution in [0.1, 0.15) is 36.2 Å². The predicted octanol–water partition coefficient (Wildman–Crippen LogP) is 2.73. The van der Waals surface area contributed by atoms with Crippen LogP contribution in [0.15, 0.2) is 54.6 Å². The lowest BCUT2D eigenvalue weighted by Gasteiger charge is -2.33. The monoisotopic (exact) mass is 375 g/mol. The molecular weight excluding hydrogens is 350 g/mol. The van der Waals surface area contributed by atoms with Gasteiger partial charge in [0.15, 0.2) is 0 Å². The Morgan fingerprint density at radius 3 is 2.54 bits per heavy atom. The van der Waals surface area contributed by atoms with Crippen molar-refractivity contribution in [2.45, 2.75) is 24.8 Å². The maximum atomic E-state index is 13.2. The third kappa shape index (κ3) is 3.19. The van der Waals surface area contributed by atoms with Gasteiger partial charge in [0.05, 0.1) is 23.0 Å². The van der Waals surface area contributed by atoms with Crippen molar-refractivity contribution >= 4 is 16.9 Å². The first-order chi connectivity index (χ1) is 13.8. The van der Waals surface area contributed by atoms with Gasteiger partial charge in [-0.25, -0.2) is 10.4 Å². The molecule has 2 aliphatic heterocycles. The summed E-state index contributed by atoms with van der Waals surface area (Å²) in [6.07, 6.45) is 1.91. The number of aromatic nitrogens is 2. The Balaban J connectivity index is 1.25. The van der Waals surface area contributed by atoms with Crippen LogP contribution in [0.2, 0.25) is 0 Å². The fraction of sp³-hybridized carbons (Fsp3) is 0.364. The van der Waals surface area contributed by atoms with E-state index in [1.165, 1.54) is 0 Å². The number of hydrogen-bond donors (Lipinski definition) is 3. The van der Waals surface area contributed by atoms with Gasteiger partial charge in [0.25, 0.3) is 0 Å². The number of aromatic amines is 1. The minimum Gasteiger partial charge on any atom is -0.342 e. The second-order valence-corrected chi connectivity index (χ2v) is 7.76. The van der Waals surface area contributed by atoms with Gasteiger partial charge in [-0.1, -0.05) is 42.5 Å². The lowest BCUT2D eigenvalue weighted by atomic mass is 9.91. The molecule has 3 N–H and O–H groups in total. The van der Waals surface area contributed by atoms with Gasteiger partial charge < -0.3 is 9.88 Å². The molecule has 2 aliphatic rings. The van der Waals surface area contributed by atoms with Gasteiger partial charge in [-0.3, -0.25) is 10.2 Å². The zero-order chi connectivity index (χ0) is 18.9. The van der Waals surface area contributed by atoms with Gasteiger partial charge in [0, 0.05) is 25.6 Å². The van der Waals surface area contributed by atoms with Crippen LogP contribution >= 0.6 is 0 Å². The number of hydrazine groups is 1. The Labute approximate surface area is 164 Å². The van der Waals surface area contributed by atoms with Crippen molar-refractivity contribution < 1.29 is 4.79 Å². The number of carbonyl (C=O) groups is 1. The molecule has 0 aliphatic carbocycles. The summed E-state index contributed by atoms with van der Waals surface area (Å²) in [6, 6.07) is 18.4. The first-order valence-corrected chi connectivity index (χ1v) is 10.1. The Morgan fingerprint density at radius 1 is 1.00 bits per heavy atom. The number of nitrogens with one attached hydrogen (secondary N) is 3. The maximum Gasteiger partial charge on any atom is 0.229 e. The van der Waals surface area contributed by atoms with Gasteiger partial charge in [0.2, 0.25) is 5.91 Å². The van der Waals surface area contributed by atoms with Crippen molar-refractivity contribution in [2.75, 3.05) is 19.6 Å². The third-order valence-electron chi connectivity index (χ3n) is 6.06. The molecule has 1 aromatic heterocycles. The minimum absolute atomic E-state index is 0.0294. The molecule has 0 saturated carbocycles. The molecule has 2 atom stereocenters. The number of para-hydroxylation sites is 2. The quantitative estimate of drug-likeness (QED) is 0.658. The molecule has 2 fully saturated rings. The van der Waals surface area contributed by atoms with Crippen molar-refractivity contribution in [1.29, 1.82) is 0 Å². The van der Waals surface area contributed by atoms with Gasteiger partial charge in [-0.05, 0) is 30.5 Å². The summed E-state index contributed by atoms with van der Waals surface area (Å²) in [5.74, 6) is 1.63. The zero-order valence-electron chi connectivity index (χ0n) is 15.8. The predicted molar refractivity (Wildman–Crippen MR) is 108 cm³/mol. The lowest BCUT2D eigenvalue weighted by molar-refractivity contribution is -0.136. The van der Waals surface area contributed by atoms with Crippen molar-refractivity contribution in [3.05, 3.63) is 66.0 Å². The molecule has 0 spiro atoms. The zero-order valence-corrected chi connectivity index (χ0v) is 15.8. The van der Waals surface area contributed by atoms with Crippen LogP contribution in [0.4, 0.5) is 0 Å². The Hall–Kier alpha value is -2.70. The average Bonchev–Trinajstić information content (AvgIpc) is 3.41. The fourth-order valence-electron chi connectivity index (χ4n) is 4.48. The number of H-pyrrole nitrogens is 1. The number of fused-ring (bicyclic) bond motifs is 1. The third-order valence-corrected chi connectivity index (χ3v) is 6.06. The van der Waals surface area contributed by atoms with E-state index < -0.39 is 0 Å². The summed E-state index contributed by atoms with van der Waals surface area (Å²) >= 11 is 0. The molecule has 2 aromatic carbocycles. The molecule has 6 heteroatoms. The Kier molecular flexibility index (Phi) is 4.58. The Bertz CT molecular complexity index is 928. The number of likely N-dealkylation sites (tertiary alicyclic amines) is 1. The lowest BCUT2D eigenvalue weighted by Crippen LogP contribution is -2.43. The van der Waals surface area contributed by atoms with Crippen molar-refractivity contribution in [1.82, 2.24) is 25.7 Å². The topological polar surface area (TPSA) is 73.1 Å². The molecular formula is C22H25N5O. The van der Waals surface area contributed by atoms with E-state index in [0.717, 1.165) is 48.4 Å². The highest BCUT2D eigenvalue weighted by Crippen LogP contribution is 2.31. The molecule has 144 valence electrons. The summed E-state index contributed by atoms with van der Waals surface area (Å²) in [7, 11) is 0. The first-order valence-electron chi connectivity index (χ1n) is 10.1. The van der Waals surface area contributed by atoms with Gasteiger partial charge >= 0.3 is 0 Å². The molecule has 2 saturated heterocycles. The number of imidazole rings is 1. The summed E-state index contributed by atoms with van der Waals surface area (Å²) in [4.78, 5) is 23.4. The van der Waals surface area contributed by atoms with Crippen LogP contribution in [0, 0.1) is 5.92 Å². The number of piperidine rings is 1. The van der Waals surface area contributed by atoms with E-state index in [1.807, 2.05) is 41.3 Å². The van der Waals surface area contributed by atoms with Crippen LogP contribution in [-0.4, -0.2) is 40.4 Å². The fourth-order valence-corrected chi connectivity index (χ4v) is 4.48. The average molecular weight is 375 g/mol. The van der Waals surface area contributed by atoms with E-state index in [0.29, 0.717) is 12.5 Å². The molecule has 0 radical (unpaired) electrons. The highest BCUT2D eigenvalue weighted by molar-refractivity contribution is 5.80. The summed E-state index contributed by atoms with van der Waals surface area (Å²) < 4.78 is 0. The van der Waals surface area contributed by atoms with Crippen LogP contribution in [-0.2, 0) is 4.79 Å². The van der Waals surface area contributed by atoms with Crippen LogP contribution in [0.5, 0.6) is 0 Å². The number of hydrogen-bond acceptors (Lipinski definition) is 4. The SMILES string of the molecule is O=C(C1CNNC1c1ccccc1)N1CCC(c2nc3ccccc3[nH]2)CC1. The van der Waals surface area contributed by atoms with Crippen LogP contribution < -0.4 is 10.9 Å². The molecule has 1 amide bonds. The van der Waals surface area contributed by atoms with Crippen molar-refractivity contribution in [2.24, 2.45) is 5.92 Å². The number of benzene rings is 2. The van der Waals surface area contributed by atoms with E-state index in [1.54, 1.807) is 0 Å². The molecule has 3 heterocycles. The summed E-state index contributed by atoms with van der Waals surface area (Å²) in [6.45, 7) is 2.25. The highest BCUT2D eigenvalue weighted by Gasteiger charge is 2.37. The maximum absolute atomic E-state index is 13.2. The number of nitrogens with zero attached hydrogens (tertiary/aromatic N) is 2. The molecule has 5 rings (SSSR count). The largest absolute Gasteiger partial charge is 0.342 e. The molecule has 3 aromatic rings. The normalized spacial score (nSPS) is 23.4.